The maximum absolute atomic E-state index is 13.7. The molecule has 0 bridgehead atoms. The number of rotatable bonds is 8. The zero-order valence-corrected chi connectivity index (χ0v) is 22.7. The van der Waals surface area contributed by atoms with Crippen LogP contribution in [-0.2, 0) is 10.0 Å². The summed E-state index contributed by atoms with van der Waals surface area (Å²) in [5, 5.41) is 17.9. The summed E-state index contributed by atoms with van der Waals surface area (Å²) in [6.07, 6.45) is 4.19. The van der Waals surface area contributed by atoms with Crippen LogP contribution < -0.4 is 19.1 Å². The molecule has 0 radical (unpaired) electrons. The molecule has 15 heteroatoms. The molecule has 40 heavy (non-hydrogen) atoms. The average molecular weight is 571 g/mol. The number of β-amino-alcohol motifs (C(OH)–C–C–N with tert-alkyl or cyclic N) is 1. The molecule has 0 spiro atoms. The number of benzene rings is 1. The van der Waals surface area contributed by atoms with Gasteiger partial charge in [-0.15, -0.1) is 10.2 Å². The number of nitrogens with zero attached hydrogens (tertiary/aromatic N) is 7. The molecule has 2 N–H and O–H groups in total. The molecule has 5 rings (SSSR count). The zero-order chi connectivity index (χ0) is 28.4. The SMILES string of the molecule is COc1cccc(OC)c1-n1c(NS(=O)(=O)[C@H]2C[C@H](O)CN(c3ncc(F)cn3)C2)nnc1-c1cncc(C)c1. The van der Waals surface area contributed by atoms with Gasteiger partial charge in [0.15, 0.2) is 11.6 Å². The van der Waals surface area contributed by atoms with Crippen molar-refractivity contribution in [2.75, 3.05) is 36.9 Å². The number of anilines is 2. The van der Waals surface area contributed by atoms with Crippen LogP contribution in [0.3, 0.4) is 0 Å². The summed E-state index contributed by atoms with van der Waals surface area (Å²) in [5.74, 6) is 0.420. The lowest BCUT2D eigenvalue weighted by molar-refractivity contribution is 0.154. The van der Waals surface area contributed by atoms with Gasteiger partial charge in [-0.1, -0.05) is 6.07 Å². The lowest BCUT2D eigenvalue weighted by atomic mass is 10.1. The molecule has 13 nitrogen and oxygen atoms in total. The van der Waals surface area contributed by atoms with Crippen LogP contribution in [0.4, 0.5) is 16.3 Å². The Morgan fingerprint density at radius 3 is 2.40 bits per heavy atom. The fourth-order valence-corrected chi connectivity index (χ4v) is 5.98. The largest absolute Gasteiger partial charge is 0.494 e. The first kappa shape index (κ1) is 27.2. The third-order valence-electron chi connectivity index (χ3n) is 6.37. The van der Waals surface area contributed by atoms with Crippen molar-refractivity contribution in [3.05, 3.63) is 60.4 Å². The van der Waals surface area contributed by atoms with Gasteiger partial charge in [0.1, 0.15) is 22.4 Å². The van der Waals surface area contributed by atoms with E-state index in [1.165, 1.54) is 23.7 Å². The van der Waals surface area contributed by atoms with Crippen molar-refractivity contribution in [2.45, 2.75) is 24.7 Å². The van der Waals surface area contributed by atoms with Crippen LogP contribution in [0.25, 0.3) is 17.1 Å². The van der Waals surface area contributed by atoms with Crippen molar-refractivity contribution in [3.63, 3.8) is 0 Å². The molecule has 1 aliphatic rings. The number of sulfonamides is 1. The molecule has 0 amide bonds. The minimum absolute atomic E-state index is 0.0429. The third-order valence-corrected chi connectivity index (χ3v) is 8.06. The van der Waals surface area contributed by atoms with Crippen LogP contribution in [0.5, 0.6) is 11.5 Å². The Morgan fingerprint density at radius 2 is 1.75 bits per heavy atom. The molecular weight excluding hydrogens is 543 g/mol. The molecule has 1 aliphatic heterocycles. The van der Waals surface area contributed by atoms with Gasteiger partial charge in [0.05, 0.1) is 32.7 Å². The summed E-state index contributed by atoms with van der Waals surface area (Å²) in [6, 6.07) is 6.98. The number of para-hydroxylation sites is 1. The van der Waals surface area contributed by atoms with Gasteiger partial charge in [-0.2, -0.15) is 0 Å². The van der Waals surface area contributed by atoms with Crippen molar-refractivity contribution in [1.29, 1.82) is 0 Å². The number of methoxy groups -OCH3 is 2. The van der Waals surface area contributed by atoms with E-state index < -0.39 is 27.2 Å². The number of hydrogen-bond acceptors (Lipinski definition) is 11. The van der Waals surface area contributed by atoms with E-state index in [2.05, 4.69) is 29.9 Å². The number of piperidine rings is 1. The Kier molecular flexibility index (Phi) is 7.49. The maximum atomic E-state index is 13.7. The standard InChI is InChI=1S/C25H27FN8O5S/c1-15-7-16(10-27-9-15)23-30-31-25(34(23)22-20(38-2)5-4-6-21(22)39-3)32-40(36,37)19-8-18(35)13-33(14-19)24-28-11-17(26)12-29-24/h4-7,9-12,18-19,35H,8,13-14H2,1-3H3,(H,31,32)/t18-,19-/m0/s1. The second kappa shape index (κ2) is 11.0. The second-order valence-corrected chi connectivity index (χ2v) is 11.2. The molecule has 4 heterocycles. The number of ether oxygens (including phenoxy) is 2. The van der Waals surface area contributed by atoms with Crippen molar-refractivity contribution >= 4 is 21.9 Å². The minimum Gasteiger partial charge on any atom is -0.494 e. The molecule has 0 saturated carbocycles. The number of pyridine rings is 1. The smallest absolute Gasteiger partial charge is 0.243 e. The fraction of sp³-hybridized carbons (Fsp3) is 0.320. The number of halogens is 1. The van der Waals surface area contributed by atoms with Gasteiger partial charge in [-0.05, 0) is 37.1 Å². The van der Waals surface area contributed by atoms with E-state index in [1.54, 1.807) is 30.6 Å². The van der Waals surface area contributed by atoms with Gasteiger partial charge in [0.25, 0.3) is 0 Å². The molecule has 4 aromatic rings. The Hall–Kier alpha value is -4.37. The Balaban J connectivity index is 1.57. The molecular formula is C25H27FN8O5S. The van der Waals surface area contributed by atoms with E-state index in [-0.39, 0.29) is 31.4 Å². The number of aryl methyl sites for hydroxylation is 1. The number of nitrogens with one attached hydrogen (secondary N) is 1. The van der Waals surface area contributed by atoms with Crippen LogP contribution in [0.2, 0.25) is 0 Å². The topological polar surface area (TPSA) is 157 Å². The molecule has 0 aliphatic carbocycles. The Bertz CT molecular complexity index is 1590. The summed E-state index contributed by atoms with van der Waals surface area (Å²) < 4.78 is 56.0. The van der Waals surface area contributed by atoms with Gasteiger partial charge >= 0.3 is 0 Å². The Labute approximate surface area is 229 Å². The molecule has 2 atom stereocenters. The van der Waals surface area contributed by atoms with E-state index in [0.717, 1.165) is 18.0 Å². The first-order valence-electron chi connectivity index (χ1n) is 12.2. The molecule has 210 valence electrons. The van der Waals surface area contributed by atoms with Crippen LogP contribution in [0.15, 0.2) is 49.1 Å². The lowest BCUT2D eigenvalue weighted by Crippen LogP contribution is -2.50. The summed E-state index contributed by atoms with van der Waals surface area (Å²) in [5.41, 5.74) is 1.82. The fourth-order valence-electron chi connectivity index (χ4n) is 4.57. The number of aliphatic hydroxyl groups excluding tert-OH is 1. The lowest BCUT2D eigenvalue weighted by Gasteiger charge is -2.35. The van der Waals surface area contributed by atoms with E-state index in [9.17, 15) is 17.9 Å². The van der Waals surface area contributed by atoms with Crippen LogP contribution in [0.1, 0.15) is 12.0 Å². The molecule has 1 aromatic carbocycles. The third kappa shape index (κ3) is 5.37. The van der Waals surface area contributed by atoms with Gasteiger partial charge in [-0.25, -0.2) is 22.8 Å². The highest BCUT2D eigenvalue weighted by Crippen LogP contribution is 2.38. The quantitative estimate of drug-likeness (QED) is 0.319. The molecule has 3 aromatic heterocycles. The van der Waals surface area contributed by atoms with Crippen LogP contribution >= 0.6 is 0 Å². The van der Waals surface area contributed by atoms with Crippen molar-refractivity contribution < 1.29 is 27.4 Å². The highest BCUT2D eigenvalue weighted by molar-refractivity contribution is 7.93. The van der Waals surface area contributed by atoms with E-state index in [0.29, 0.717) is 28.6 Å². The van der Waals surface area contributed by atoms with Gasteiger partial charge in [0.2, 0.25) is 21.9 Å². The Morgan fingerprint density at radius 1 is 1.05 bits per heavy atom. The van der Waals surface area contributed by atoms with Gasteiger partial charge in [0, 0.05) is 31.0 Å². The minimum atomic E-state index is -4.17. The van der Waals surface area contributed by atoms with Crippen LogP contribution in [0, 0.1) is 12.7 Å². The van der Waals surface area contributed by atoms with E-state index in [4.69, 9.17) is 9.47 Å². The van der Waals surface area contributed by atoms with Gasteiger partial charge < -0.3 is 19.5 Å². The predicted octanol–water partition coefficient (Wildman–Crippen LogP) is 1.97. The summed E-state index contributed by atoms with van der Waals surface area (Å²) >= 11 is 0. The van der Waals surface area contributed by atoms with Crippen molar-refractivity contribution in [2.24, 2.45) is 0 Å². The highest BCUT2D eigenvalue weighted by atomic mass is 32.2. The summed E-state index contributed by atoms with van der Waals surface area (Å²) in [6.45, 7) is 1.92. The van der Waals surface area contributed by atoms with Crippen molar-refractivity contribution in [1.82, 2.24) is 29.7 Å². The molecule has 1 saturated heterocycles. The van der Waals surface area contributed by atoms with Gasteiger partial charge in [-0.3, -0.25) is 14.3 Å². The highest BCUT2D eigenvalue weighted by Gasteiger charge is 2.37. The van der Waals surface area contributed by atoms with Crippen molar-refractivity contribution in [3.8, 4) is 28.6 Å². The maximum Gasteiger partial charge on any atom is 0.243 e. The normalized spacial score (nSPS) is 17.5. The average Bonchev–Trinajstić information content (AvgIpc) is 3.34. The first-order chi connectivity index (χ1) is 19.2. The number of aliphatic hydroxyl groups is 1. The number of hydrogen-bond donors (Lipinski definition) is 2. The van der Waals surface area contributed by atoms with Crippen LogP contribution in [-0.4, -0.2) is 81.9 Å². The van der Waals surface area contributed by atoms with E-state index >= 15 is 0 Å². The first-order valence-corrected chi connectivity index (χ1v) is 13.8. The van der Waals surface area contributed by atoms with E-state index in [1.807, 2.05) is 13.0 Å². The zero-order valence-electron chi connectivity index (χ0n) is 21.9. The summed E-state index contributed by atoms with van der Waals surface area (Å²) in [7, 11) is -1.20. The monoisotopic (exact) mass is 570 g/mol. The second-order valence-electron chi connectivity index (χ2n) is 9.21. The summed E-state index contributed by atoms with van der Waals surface area (Å²) in [4.78, 5) is 13.6. The predicted molar refractivity (Wildman–Crippen MR) is 144 cm³/mol. The number of aromatic nitrogens is 6. The molecule has 0 unspecified atom stereocenters. The molecule has 1 fully saturated rings.